The largest absolute Gasteiger partial charge is 0.616 e. The van der Waals surface area contributed by atoms with Crippen LogP contribution in [-0.4, -0.2) is 40.0 Å². The van der Waals surface area contributed by atoms with Gasteiger partial charge in [0.25, 0.3) is 0 Å². The van der Waals surface area contributed by atoms with Gasteiger partial charge in [-0.1, -0.05) is 25.0 Å². The second-order valence-electron chi connectivity index (χ2n) is 3.68. The van der Waals surface area contributed by atoms with E-state index in [-0.39, 0.29) is 11.8 Å². The topological polar surface area (TPSA) is 43.4 Å². The van der Waals surface area contributed by atoms with Gasteiger partial charge in [-0.3, -0.25) is 4.79 Å². The van der Waals surface area contributed by atoms with Crippen LogP contribution in [0.4, 0.5) is 0 Å². The molecule has 0 aromatic rings. The highest BCUT2D eigenvalue weighted by atomic mass is 32.2. The summed E-state index contributed by atoms with van der Waals surface area (Å²) in [6.07, 6.45) is 0.880. The molecule has 0 aliphatic carbocycles. The van der Waals surface area contributed by atoms with E-state index < -0.39 is 11.2 Å². The van der Waals surface area contributed by atoms with Crippen LogP contribution in [0.5, 0.6) is 0 Å². The molecule has 0 N–H and O–H groups in total. The fraction of sp³-hybridized carbons (Fsp3) is 0.889. The molecule has 1 aliphatic rings. The number of rotatable bonds is 1. The minimum Gasteiger partial charge on any atom is -0.616 e. The molecule has 0 spiro atoms. The molecule has 1 unspecified atom stereocenters. The standard InChI is InChI=1S/C9H17NO2S/c1-8(2)9(11)10-4-3-6-13(12)7-5-10/h8H,3-7H2,1-2H3. The number of carbonyl (C=O) groups is 1. The summed E-state index contributed by atoms with van der Waals surface area (Å²) in [6, 6.07) is 0. The highest BCUT2D eigenvalue weighted by Crippen LogP contribution is 2.08. The molecule has 0 bridgehead atoms. The molecule has 1 fully saturated rings. The summed E-state index contributed by atoms with van der Waals surface area (Å²) in [5, 5.41) is 0. The van der Waals surface area contributed by atoms with E-state index in [1.165, 1.54) is 0 Å². The van der Waals surface area contributed by atoms with Crippen LogP contribution in [-0.2, 0) is 16.0 Å². The van der Waals surface area contributed by atoms with Crippen LogP contribution >= 0.6 is 0 Å². The molecule has 4 heteroatoms. The van der Waals surface area contributed by atoms with Gasteiger partial charge in [-0.15, -0.1) is 0 Å². The Morgan fingerprint density at radius 1 is 1.38 bits per heavy atom. The molecule has 1 amide bonds. The zero-order valence-electron chi connectivity index (χ0n) is 8.28. The SMILES string of the molecule is CC(C)C(=O)N1CCC[S+]([O-])CC1. The van der Waals surface area contributed by atoms with Crippen molar-refractivity contribution in [3.8, 4) is 0 Å². The lowest BCUT2D eigenvalue weighted by molar-refractivity contribution is -0.134. The molecular formula is C9H17NO2S. The first-order valence-electron chi connectivity index (χ1n) is 4.75. The lowest BCUT2D eigenvalue weighted by Gasteiger charge is -2.21. The van der Waals surface area contributed by atoms with Crippen LogP contribution < -0.4 is 0 Å². The van der Waals surface area contributed by atoms with E-state index in [0.29, 0.717) is 12.3 Å². The van der Waals surface area contributed by atoms with Gasteiger partial charge < -0.3 is 9.45 Å². The first kappa shape index (κ1) is 10.9. The van der Waals surface area contributed by atoms with Crippen LogP contribution in [0.2, 0.25) is 0 Å². The summed E-state index contributed by atoms with van der Waals surface area (Å²) in [5.41, 5.74) is 0. The molecule has 0 saturated carbocycles. The maximum absolute atomic E-state index is 11.6. The summed E-state index contributed by atoms with van der Waals surface area (Å²) in [6.45, 7) is 5.26. The maximum Gasteiger partial charge on any atom is 0.225 e. The van der Waals surface area contributed by atoms with Crippen molar-refractivity contribution in [2.24, 2.45) is 5.92 Å². The van der Waals surface area contributed by atoms with Gasteiger partial charge in [0.1, 0.15) is 11.5 Å². The van der Waals surface area contributed by atoms with Crippen molar-refractivity contribution >= 4 is 17.1 Å². The van der Waals surface area contributed by atoms with Gasteiger partial charge >= 0.3 is 0 Å². The average molecular weight is 203 g/mol. The molecule has 0 aromatic heterocycles. The Hall–Kier alpha value is -0.220. The third-order valence-electron chi connectivity index (χ3n) is 2.19. The van der Waals surface area contributed by atoms with E-state index in [4.69, 9.17) is 0 Å². The fourth-order valence-electron chi connectivity index (χ4n) is 1.43. The van der Waals surface area contributed by atoms with Gasteiger partial charge in [0.2, 0.25) is 5.91 Å². The zero-order chi connectivity index (χ0) is 9.84. The number of amides is 1. The third-order valence-corrected chi connectivity index (χ3v) is 3.58. The van der Waals surface area contributed by atoms with E-state index >= 15 is 0 Å². The molecule has 0 radical (unpaired) electrons. The van der Waals surface area contributed by atoms with E-state index in [0.717, 1.165) is 18.7 Å². The Balaban J connectivity index is 2.46. The van der Waals surface area contributed by atoms with E-state index in [1.807, 2.05) is 18.7 Å². The van der Waals surface area contributed by atoms with Crippen molar-refractivity contribution in [3.63, 3.8) is 0 Å². The van der Waals surface area contributed by atoms with Gasteiger partial charge in [-0.25, -0.2) is 0 Å². The van der Waals surface area contributed by atoms with Crippen LogP contribution in [0.15, 0.2) is 0 Å². The highest BCUT2D eigenvalue weighted by molar-refractivity contribution is 7.91. The van der Waals surface area contributed by atoms with Gasteiger partial charge in [0, 0.05) is 18.9 Å². The number of hydrogen-bond donors (Lipinski definition) is 0. The molecule has 1 saturated heterocycles. The van der Waals surface area contributed by atoms with Crippen molar-refractivity contribution < 1.29 is 9.35 Å². The second kappa shape index (κ2) is 4.86. The van der Waals surface area contributed by atoms with Crippen molar-refractivity contribution in [3.05, 3.63) is 0 Å². The summed E-state index contributed by atoms with van der Waals surface area (Å²) in [7, 11) is 0. The van der Waals surface area contributed by atoms with E-state index in [2.05, 4.69) is 0 Å². The molecular weight excluding hydrogens is 186 g/mol. The van der Waals surface area contributed by atoms with Crippen molar-refractivity contribution in [1.82, 2.24) is 4.90 Å². The maximum atomic E-state index is 11.6. The molecule has 1 aliphatic heterocycles. The number of hydrogen-bond acceptors (Lipinski definition) is 2. The lowest BCUT2D eigenvalue weighted by atomic mass is 10.2. The van der Waals surface area contributed by atoms with E-state index in [1.54, 1.807) is 0 Å². The molecule has 13 heavy (non-hydrogen) atoms. The molecule has 1 rings (SSSR count). The Labute approximate surface area is 82.7 Å². The zero-order valence-corrected chi connectivity index (χ0v) is 9.10. The van der Waals surface area contributed by atoms with Gasteiger partial charge in [-0.2, -0.15) is 0 Å². The monoisotopic (exact) mass is 203 g/mol. The molecule has 1 atom stereocenters. The fourth-order valence-corrected chi connectivity index (χ4v) is 2.51. The Morgan fingerprint density at radius 2 is 2.08 bits per heavy atom. The van der Waals surface area contributed by atoms with Crippen molar-refractivity contribution in [2.75, 3.05) is 24.6 Å². The second-order valence-corrected chi connectivity index (χ2v) is 5.38. The average Bonchev–Trinajstić information content (AvgIpc) is 2.28. The number of nitrogens with zero attached hydrogens (tertiary/aromatic N) is 1. The summed E-state index contributed by atoms with van der Waals surface area (Å²) in [4.78, 5) is 13.4. The highest BCUT2D eigenvalue weighted by Gasteiger charge is 2.22. The molecule has 3 nitrogen and oxygen atoms in total. The van der Waals surface area contributed by atoms with Crippen LogP contribution in [0.3, 0.4) is 0 Å². The minimum atomic E-state index is -0.702. The normalized spacial score (nSPS) is 24.6. The van der Waals surface area contributed by atoms with Gasteiger partial charge in [0.05, 0.1) is 6.54 Å². The number of carbonyl (C=O) groups excluding carboxylic acids is 1. The van der Waals surface area contributed by atoms with Crippen molar-refractivity contribution in [1.29, 1.82) is 0 Å². The minimum absolute atomic E-state index is 0.0616. The Kier molecular flexibility index (Phi) is 4.06. The Morgan fingerprint density at radius 3 is 2.69 bits per heavy atom. The third kappa shape index (κ3) is 3.19. The van der Waals surface area contributed by atoms with Gasteiger partial charge in [-0.05, 0) is 0 Å². The predicted molar refractivity (Wildman–Crippen MR) is 53.9 cm³/mol. The summed E-state index contributed by atoms with van der Waals surface area (Å²) >= 11 is -0.702. The van der Waals surface area contributed by atoms with Gasteiger partial charge in [0.15, 0.2) is 0 Å². The lowest BCUT2D eigenvalue weighted by Crippen LogP contribution is -2.36. The van der Waals surface area contributed by atoms with E-state index in [9.17, 15) is 9.35 Å². The first-order valence-corrected chi connectivity index (χ1v) is 6.24. The predicted octanol–water partition coefficient (Wildman–Crippen LogP) is 0.623. The van der Waals surface area contributed by atoms with Crippen LogP contribution in [0.25, 0.3) is 0 Å². The summed E-state index contributed by atoms with van der Waals surface area (Å²) in [5.74, 6) is 1.66. The summed E-state index contributed by atoms with van der Waals surface area (Å²) < 4.78 is 11.2. The Bertz CT molecular complexity index is 184. The smallest absolute Gasteiger partial charge is 0.225 e. The molecule has 0 aromatic carbocycles. The van der Waals surface area contributed by atoms with Crippen molar-refractivity contribution in [2.45, 2.75) is 20.3 Å². The quantitative estimate of drug-likeness (QED) is 0.586. The van der Waals surface area contributed by atoms with Crippen LogP contribution in [0.1, 0.15) is 20.3 Å². The molecule has 76 valence electrons. The molecule has 1 heterocycles. The van der Waals surface area contributed by atoms with Crippen LogP contribution in [0, 0.1) is 5.92 Å². The first-order chi connectivity index (χ1) is 6.11.